The molecule has 1 fully saturated rings. The number of aliphatic imine (C=N–C) groups is 1. The number of methoxy groups -OCH3 is 1. The highest BCUT2D eigenvalue weighted by Crippen LogP contribution is 2.26. The lowest BCUT2D eigenvalue weighted by Gasteiger charge is -2.34. The summed E-state index contributed by atoms with van der Waals surface area (Å²) < 4.78 is 5.31. The van der Waals surface area contributed by atoms with Crippen LogP contribution in [-0.4, -0.2) is 43.6 Å². The Morgan fingerprint density at radius 3 is 2.76 bits per heavy atom. The fraction of sp³-hybridized carbons (Fsp3) is 0.786. The van der Waals surface area contributed by atoms with Gasteiger partial charge in [-0.05, 0) is 12.8 Å². The van der Waals surface area contributed by atoms with Gasteiger partial charge in [0.05, 0.1) is 19.2 Å². The summed E-state index contributed by atoms with van der Waals surface area (Å²) in [6, 6.07) is 0.489. The second-order valence-corrected chi connectivity index (χ2v) is 5.65. The van der Waals surface area contributed by atoms with E-state index >= 15 is 0 Å². The molecule has 0 spiro atoms. The summed E-state index contributed by atoms with van der Waals surface area (Å²) in [4.78, 5) is 7.12. The van der Waals surface area contributed by atoms with Crippen molar-refractivity contribution in [3.63, 3.8) is 0 Å². The third-order valence-corrected chi connectivity index (χ3v) is 3.05. The Labute approximate surface area is 106 Å². The summed E-state index contributed by atoms with van der Waals surface area (Å²) in [5.74, 6) is 1.19. The van der Waals surface area contributed by atoms with Crippen molar-refractivity contribution in [2.75, 3.05) is 26.8 Å². The first kappa shape index (κ1) is 14.2. The Morgan fingerprint density at radius 1 is 1.53 bits per heavy atom. The van der Waals surface area contributed by atoms with Gasteiger partial charge in [-0.3, -0.25) is 4.99 Å². The van der Waals surface area contributed by atoms with Gasteiger partial charge in [-0.1, -0.05) is 26.8 Å². The van der Waals surface area contributed by atoms with Crippen LogP contribution < -0.4 is 0 Å². The van der Waals surface area contributed by atoms with E-state index in [1.54, 1.807) is 7.11 Å². The van der Waals surface area contributed by atoms with Gasteiger partial charge in [0.1, 0.15) is 5.84 Å². The lowest BCUT2D eigenvalue weighted by atomic mass is 9.93. The largest absolute Gasteiger partial charge is 0.383 e. The van der Waals surface area contributed by atoms with E-state index in [-0.39, 0.29) is 5.41 Å². The van der Waals surface area contributed by atoms with Crippen molar-refractivity contribution in [2.45, 2.75) is 39.7 Å². The van der Waals surface area contributed by atoms with E-state index in [0.29, 0.717) is 12.6 Å². The fourth-order valence-electron chi connectivity index (χ4n) is 2.39. The lowest BCUT2D eigenvalue weighted by Crippen LogP contribution is -2.44. The molecule has 0 radical (unpaired) electrons. The molecule has 1 atom stereocenters. The van der Waals surface area contributed by atoms with E-state index in [4.69, 9.17) is 9.73 Å². The molecule has 1 aliphatic rings. The molecule has 0 N–H and O–H groups in total. The zero-order valence-corrected chi connectivity index (χ0v) is 11.7. The Hall–Kier alpha value is -0.830. The van der Waals surface area contributed by atoms with Gasteiger partial charge in [-0.2, -0.15) is 0 Å². The topological polar surface area (TPSA) is 24.8 Å². The third-order valence-electron chi connectivity index (χ3n) is 3.05. The van der Waals surface area contributed by atoms with E-state index in [1.165, 1.54) is 18.7 Å². The highest BCUT2D eigenvalue weighted by molar-refractivity contribution is 5.87. The van der Waals surface area contributed by atoms with Gasteiger partial charge in [0.2, 0.25) is 0 Å². The van der Waals surface area contributed by atoms with Crippen molar-refractivity contribution in [2.24, 2.45) is 10.4 Å². The average molecular weight is 238 g/mol. The molecular weight excluding hydrogens is 212 g/mol. The monoisotopic (exact) mass is 238 g/mol. The van der Waals surface area contributed by atoms with Crippen molar-refractivity contribution in [3.8, 4) is 0 Å². The van der Waals surface area contributed by atoms with Crippen LogP contribution in [0.25, 0.3) is 0 Å². The molecule has 1 heterocycles. The van der Waals surface area contributed by atoms with Crippen molar-refractivity contribution >= 4 is 5.84 Å². The number of hydrogen-bond acceptors (Lipinski definition) is 2. The van der Waals surface area contributed by atoms with Gasteiger partial charge in [0.15, 0.2) is 0 Å². The van der Waals surface area contributed by atoms with Crippen LogP contribution in [0.2, 0.25) is 0 Å². The van der Waals surface area contributed by atoms with Crippen LogP contribution >= 0.6 is 0 Å². The highest BCUT2D eigenvalue weighted by Gasteiger charge is 2.32. The first-order valence-electron chi connectivity index (χ1n) is 6.42. The predicted molar refractivity (Wildman–Crippen MR) is 73.6 cm³/mol. The maximum atomic E-state index is 5.31. The van der Waals surface area contributed by atoms with Gasteiger partial charge in [0, 0.05) is 19.1 Å². The van der Waals surface area contributed by atoms with Crippen molar-refractivity contribution in [1.82, 2.24) is 4.90 Å². The molecule has 1 rings (SSSR count). The minimum Gasteiger partial charge on any atom is -0.383 e. The third kappa shape index (κ3) is 3.84. The minimum absolute atomic E-state index is 0.0827. The second-order valence-electron chi connectivity index (χ2n) is 5.65. The van der Waals surface area contributed by atoms with E-state index in [2.05, 4.69) is 32.3 Å². The molecule has 98 valence electrons. The summed E-state index contributed by atoms with van der Waals surface area (Å²) in [6.45, 7) is 13.0. The molecule has 0 amide bonds. The summed E-state index contributed by atoms with van der Waals surface area (Å²) in [7, 11) is 1.77. The molecule has 0 aromatic carbocycles. The molecule has 3 heteroatoms. The van der Waals surface area contributed by atoms with E-state index < -0.39 is 0 Å². The first-order valence-corrected chi connectivity index (χ1v) is 6.42. The predicted octanol–water partition coefficient (Wildman–Crippen LogP) is 2.73. The molecule has 17 heavy (non-hydrogen) atoms. The molecule has 0 unspecified atom stereocenters. The highest BCUT2D eigenvalue weighted by atomic mass is 16.5. The van der Waals surface area contributed by atoms with Crippen molar-refractivity contribution in [3.05, 3.63) is 12.7 Å². The molecule has 0 bridgehead atoms. The van der Waals surface area contributed by atoms with E-state index in [0.717, 1.165) is 13.2 Å². The Bertz CT molecular complexity index is 278. The lowest BCUT2D eigenvalue weighted by molar-refractivity contribution is 0.141. The maximum Gasteiger partial charge on any atom is 0.105 e. The number of hydrogen-bond donors (Lipinski definition) is 0. The van der Waals surface area contributed by atoms with Gasteiger partial charge in [0.25, 0.3) is 0 Å². The Balaban J connectivity index is 2.85. The number of nitrogens with zero attached hydrogens (tertiary/aromatic N) is 2. The average Bonchev–Trinajstić information content (AvgIpc) is 2.66. The standard InChI is InChI=1S/C14H26N2O/c1-6-9-15-13(14(2,3)4)16-10-7-8-12(16)11-17-5/h6,12H,1,7-11H2,2-5H3/t12-/m0/s1. The van der Waals surface area contributed by atoms with Crippen LogP contribution in [0.5, 0.6) is 0 Å². The first-order chi connectivity index (χ1) is 8.00. The molecule has 0 aromatic heterocycles. The number of rotatable bonds is 4. The zero-order valence-electron chi connectivity index (χ0n) is 11.7. The van der Waals surface area contributed by atoms with E-state index in [1.807, 2.05) is 6.08 Å². The van der Waals surface area contributed by atoms with Gasteiger partial charge >= 0.3 is 0 Å². The molecule has 0 aliphatic carbocycles. The van der Waals surface area contributed by atoms with Crippen LogP contribution in [-0.2, 0) is 4.74 Å². The molecular formula is C14H26N2O. The zero-order chi connectivity index (χ0) is 12.9. The van der Waals surface area contributed by atoms with Crippen LogP contribution in [0.1, 0.15) is 33.6 Å². The molecule has 0 aromatic rings. The van der Waals surface area contributed by atoms with Crippen LogP contribution in [0.15, 0.2) is 17.6 Å². The maximum absolute atomic E-state index is 5.31. The smallest absolute Gasteiger partial charge is 0.105 e. The fourth-order valence-corrected chi connectivity index (χ4v) is 2.39. The normalized spacial score (nSPS) is 22.0. The van der Waals surface area contributed by atoms with Gasteiger partial charge in [-0.15, -0.1) is 6.58 Å². The summed E-state index contributed by atoms with van der Waals surface area (Å²) in [6.07, 6.45) is 4.29. The Morgan fingerprint density at radius 2 is 2.24 bits per heavy atom. The molecule has 0 saturated carbocycles. The van der Waals surface area contributed by atoms with Crippen LogP contribution in [0.3, 0.4) is 0 Å². The number of amidine groups is 1. The SMILES string of the molecule is C=CCN=C(N1CCC[C@H]1COC)C(C)(C)C. The van der Waals surface area contributed by atoms with Crippen LogP contribution in [0, 0.1) is 5.41 Å². The molecule has 3 nitrogen and oxygen atoms in total. The van der Waals surface area contributed by atoms with Gasteiger partial charge < -0.3 is 9.64 Å². The number of ether oxygens (including phenoxy) is 1. The molecule has 1 aliphatic heterocycles. The Kier molecular flexibility index (Phi) is 5.19. The van der Waals surface area contributed by atoms with Crippen LogP contribution in [0.4, 0.5) is 0 Å². The van der Waals surface area contributed by atoms with E-state index in [9.17, 15) is 0 Å². The van der Waals surface area contributed by atoms with Crippen molar-refractivity contribution in [1.29, 1.82) is 0 Å². The quantitative estimate of drug-likeness (QED) is 0.427. The number of likely N-dealkylation sites (tertiary alicyclic amines) is 1. The minimum atomic E-state index is 0.0827. The second kappa shape index (κ2) is 6.20. The molecule has 1 saturated heterocycles. The summed E-state index contributed by atoms with van der Waals surface area (Å²) >= 11 is 0. The summed E-state index contributed by atoms with van der Waals surface area (Å²) in [5.41, 5.74) is 0.0827. The van der Waals surface area contributed by atoms with Gasteiger partial charge in [-0.25, -0.2) is 0 Å². The summed E-state index contributed by atoms with van der Waals surface area (Å²) in [5, 5.41) is 0. The van der Waals surface area contributed by atoms with Crippen molar-refractivity contribution < 1.29 is 4.74 Å².